The molecule has 0 bridgehead atoms. The van der Waals surface area contributed by atoms with Crippen LogP contribution in [0.4, 0.5) is 0 Å². The van der Waals surface area contributed by atoms with Crippen molar-refractivity contribution in [1.82, 2.24) is 9.88 Å². The summed E-state index contributed by atoms with van der Waals surface area (Å²) < 4.78 is 0.834. The maximum atomic E-state index is 12.4. The van der Waals surface area contributed by atoms with Gasteiger partial charge >= 0.3 is 0 Å². The van der Waals surface area contributed by atoms with E-state index in [4.69, 9.17) is 0 Å². The molecule has 2 rings (SSSR count). The third-order valence-electron chi connectivity index (χ3n) is 3.42. The van der Waals surface area contributed by atoms with Crippen molar-refractivity contribution < 1.29 is 4.79 Å². The van der Waals surface area contributed by atoms with E-state index in [0.717, 1.165) is 17.3 Å². The van der Waals surface area contributed by atoms with Gasteiger partial charge in [-0.1, -0.05) is 28.8 Å². The minimum atomic E-state index is 0.0418. The van der Waals surface area contributed by atoms with Crippen molar-refractivity contribution in [2.45, 2.75) is 36.6 Å². The number of rotatable bonds is 2. The van der Waals surface area contributed by atoms with Crippen LogP contribution in [0.2, 0.25) is 0 Å². The molecule has 1 aromatic rings. The Morgan fingerprint density at radius 2 is 2.11 bits per heavy atom. The van der Waals surface area contributed by atoms with Crippen LogP contribution in [0.15, 0.2) is 22.9 Å². The van der Waals surface area contributed by atoms with Crippen LogP contribution in [0.5, 0.6) is 0 Å². The topological polar surface area (TPSA) is 33.2 Å². The second kappa shape index (κ2) is 6.15. The van der Waals surface area contributed by atoms with Gasteiger partial charge < -0.3 is 4.90 Å². The Kier molecular flexibility index (Phi) is 4.78. The van der Waals surface area contributed by atoms with Crippen LogP contribution in [-0.2, 0) is 0 Å². The number of amides is 1. The summed E-state index contributed by atoms with van der Waals surface area (Å²) in [4.78, 5) is 18.7. The SMILES string of the molecule is CN(C(=O)c1cncc(Br)c1)C1CCCCC1Br. The van der Waals surface area contributed by atoms with Gasteiger partial charge in [-0.05, 0) is 34.8 Å². The molecular weight excluding hydrogens is 360 g/mol. The molecule has 0 aromatic carbocycles. The molecule has 5 heteroatoms. The molecule has 1 aliphatic carbocycles. The fourth-order valence-electron chi connectivity index (χ4n) is 2.39. The van der Waals surface area contributed by atoms with Gasteiger partial charge in [0, 0.05) is 34.8 Å². The number of nitrogens with zero attached hydrogens (tertiary/aromatic N) is 2. The Bertz CT molecular complexity index is 439. The van der Waals surface area contributed by atoms with Crippen molar-refractivity contribution in [3.63, 3.8) is 0 Å². The Labute approximate surface area is 124 Å². The summed E-state index contributed by atoms with van der Waals surface area (Å²) in [6, 6.07) is 2.10. The Hall–Kier alpha value is -0.420. The molecule has 3 nitrogen and oxygen atoms in total. The van der Waals surface area contributed by atoms with E-state index in [0.29, 0.717) is 10.4 Å². The van der Waals surface area contributed by atoms with Crippen molar-refractivity contribution in [2.75, 3.05) is 7.05 Å². The van der Waals surface area contributed by atoms with Crippen LogP contribution in [0.3, 0.4) is 0 Å². The number of carbonyl (C=O) groups is 1. The van der Waals surface area contributed by atoms with Gasteiger partial charge in [-0.25, -0.2) is 0 Å². The Morgan fingerprint density at radius 3 is 2.78 bits per heavy atom. The average Bonchev–Trinajstić information content (AvgIpc) is 2.37. The molecule has 0 aliphatic heterocycles. The van der Waals surface area contributed by atoms with Crippen LogP contribution in [0.1, 0.15) is 36.0 Å². The largest absolute Gasteiger partial charge is 0.338 e. The number of hydrogen-bond acceptors (Lipinski definition) is 2. The summed E-state index contributed by atoms with van der Waals surface area (Å²) in [5.74, 6) is 0.0418. The second-order valence-electron chi connectivity index (χ2n) is 4.68. The van der Waals surface area contributed by atoms with Crippen molar-refractivity contribution in [1.29, 1.82) is 0 Å². The van der Waals surface area contributed by atoms with E-state index >= 15 is 0 Å². The molecule has 0 saturated heterocycles. The highest BCUT2D eigenvalue weighted by Gasteiger charge is 2.29. The number of halogens is 2. The van der Waals surface area contributed by atoms with E-state index in [9.17, 15) is 4.79 Å². The van der Waals surface area contributed by atoms with Crippen LogP contribution >= 0.6 is 31.9 Å². The molecule has 1 heterocycles. The van der Waals surface area contributed by atoms with E-state index in [-0.39, 0.29) is 11.9 Å². The van der Waals surface area contributed by atoms with E-state index in [1.54, 1.807) is 12.4 Å². The predicted octanol–water partition coefficient (Wildman–Crippen LogP) is 3.62. The van der Waals surface area contributed by atoms with Crippen LogP contribution in [-0.4, -0.2) is 33.7 Å². The van der Waals surface area contributed by atoms with Crippen LogP contribution < -0.4 is 0 Å². The molecule has 0 N–H and O–H groups in total. The minimum Gasteiger partial charge on any atom is -0.338 e. The third kappa shape index (κ3) is 3.12. The summed E-state index contributed by atoms with van der Waals surface area (Å²) in [6.45, 7) is 0. The lowest BCUT2D eigenvalue weighted by molar-refractivity contribution is 0.0704. The molecule has 1 amide bonds. The highest BCUT2D eigenvalue weighted by Crippen LogP contribution is 2.28. The maximum absolute atomic E-state index is 12.4. The van der Waals surface area contributed by atoms with Gasteiger partial charge in [0.05, 0.1) is 5.56 Å². The zero-order valence-electron chi connectivity index (χ0n) is 10.3. The number of hydrogen-bond donors (Lipinski definition) is 0. The molecule has 1 fully saturated rings. The molecular formula is C13H16Br2N2O. The van der Waals surface area contributed by atoms with Gasteiger partial charge in [-0.3, -0.25) is 9.78 Å². The number of pyridine rings is 1. The molecule has 1 saturated carbocycles. The Balaban J connectivity index is 2.13. The first-order valence-electron chi connectivity index (χ1n) is 6.11. The number of alkyl halides is 1. The smallest absolute Gasteiger partial charge is 0.255 e. The monoisotopic (exact) mass is 374 g/mol. The zero-order valence-corrected chi connectivity index (χ0v) is 13.4. The standard InChI is InChI=1S/C13H16Br2N2O/c1-17(12-5-3-2-4-11(12)15)13(18)9-6-10(14)8-16-7-9/h6-8,11-12H,2-5H2,1H3. The van der Waals surface area contributed by atoms with Crippen molar-refractivity contribution in [3.05, 3.63) is 28.5 Å². The first kappa shape index (κ1) is 14.0. The van der Waals surface area contributed by atoms with E-state index < -0.39 is 0 Å². The Morgan fingerprint density at radius 1 is 1.39 bits per heavy atom. The molecule has 1 aliphatic rings. The van der Waals surface area contributed by atoms with Crippen molar-refractivity contribution >= 4 is 37.8 Å². The normalized spacial score (nSPS) is 23.7. The van der Waals surface area contributed by atoms with Crippen molar-refractivity contribution in [2.24, 2.45) is 0 Å². The summed E-state index contributed by atoms with van der Waals surface area (Å²) in [6.07, 6.45) is 7.95. The third-order valence-corrected chi connectivity index (χ3v) is 4.92. The van der Waals surface area contributed by atoms with Gasteiger partial charge in [0.25, 0.3) is 5.91 Å². The van der Waals surface area contributed by atoms with Gasteiger partial charge in [-0.2, -0.15) is 0 Å². The van der Waals surface area contributed by atoms with E-state index in [2.05, 4.69) is 36.8 Å². The fourth-order valence-corrected chi connectivity index (χ4v) is 3.69. The molecule has 98 valence electrons. The summed E-state index contributed by atoms with van der Waals surface area (Å²) in [5, 5.41) is 0. The minimum absolute atomic E-state index is 0.0418. The highest BCUT2D eigenvalue weighted by molar-refractivity contribution is 9.10. The van der Waals surface area contributed by atoms with Crippen LogP contribution in [0.25, 0.3) is 0 Å². The van der Waals surface area contributed by atoms with Gasteiger partial charge in [-0.15, -0.1) is 0 Å². The van der Waals surface area contributed by atoms with Crippen LogP contribution in [0, 0.1) is 0 Å². The predicted molar refractivity (Wildman–Crippen MR) is 79.0 cm³/mol. The average molecular weight is 376 g/mol. The molecule has 0 spiro atoms. The molecule has 18 heavy (non-hydrogen) atoms. The van der Waals surface area contributed by atoms with Gasteiger partial charge in [0.15, 0.2) is 0 Å². The first-order chi connectivity index (χ1) is 8.59. The van der Waals surface area contributed by atoms with Gasteiger partial charge in [0.1, 0.15) is 0 Å². The summed E-state index contributed by atoms with van der Waals surface area (Å²) >= 11 is 7.04. The summed E-state index contributed by atoms with van der Waals surface area (Å²) in [7, 11) is 1.88. The lowest BCUT2D eigenvalue weighted by Crippen LogP contribution is -2.44. The molecule has 2 atom stereocenters. The van der Waals surface area contributed by atoms with Crippen molar-refractivity contribution in [3.8, 4) is 0 Å². The van der Waals surface area contributed by atoms with Gasteiger partial charge in [0.2, 0.25) is 0 Å². The second-order valence-corrected chi connectivity index (χ2v) is 6.77. The lowest BCUT2D eigenvalue weighted by Gasteiger charge is -2.35. The maximum Gasteiger partial charge on any atom is 0.255 e. The fraction of sp³-hybridized carbons (Fsp3) is 0.538. The van der Waals surface area contributed by atoms with E-state index in [1.807, 2.05) is 18.0 Å². The quantitative estimate of drug-likeness (QED) is 0.739. The highest BCUT2D eigenvalue weighted by atomic mass is 79.9. The number of carbonyl (C=O) groups excluding carboxylic acids is 1. The molecule has 1 aromatic heterocycles. The molecule has 0 radical (unpaired) electrons. The van der Waals surface area contributed by atoms with E-state index in [1.165, 1.54) is 12.8 Å². The lowest BCUT2D eigenvalue weighted by atomic mass is 9.94. The summed E-state index contributed by atoms with van der Waals surface area (Å²) in [5.41, 5.74) is 0.636. The zero-order chi connectivity index (χ0) is 13.1. The first-order valence-corrected chi connectivity index (χ1v) is 7.82. The molecule has 2 unspecified atom stereocenters. The number of aromatic nitrogens is 1.